The number of nitrogens with two attached hydrogens (primary N) is 2. The molecule has 0 fully saturated rings. The third-order valence-corrected chi connectivity index (χ3v) is 6.65. The maximum absolute atomic E-state index is 13.0. The first-order valence-electron chi connectivity index (χ1n) is 11.4. The molecule has 1 atom stereocenters. The quantitative estimate of drug-likeness (QED) is 0.312. The lowest BCUT2D eigenvalue weighted by molar-refractivity contribution is -0.528. The maximum atomic E-state index is 13.0. The number of phenols is 1. The van der Waals surface area contributed by atoms with Crippen molar-refractivity contribution in [3.8, 4) is 5.75 Å². The average Bonchev–Trinajstić information content (AvgIpc) is 3.23. The Morgan fingerprint density at radius 2 is 1.77 bits per heavy atom. The van der Waals surface area contributed by atoms with E-state index >= 15 is 0 Å². The van der Waals surface area contributed by atoms with Crippen LogP contribution in [0.5, 0.6) is 5.75 Å². The van der Waals surface area contributed by atoms with Crippen LogP contribution in [0.3, 0.4) is 0 Å². The van der Waals surface area contributed by atoms with E-state index < -0.39 is 0 Å². The molecule has 0 aliphatic carbocycles. The van der Waals surface area contributed by atoms with Gasteiger partial charge in [-0.1, -0.05) is 57.2 Å². The van der Waals surface area contributed by atoms with Crippen molar-refractivity contribution >= 4 is 34.6 Å². The van der Waals surface area contributed by atoms with Crippen molar-refractivity contribution in [1.82, 2.24) is 4.90 Å². The van der Waals surface area contributed by atoms with E-state index in [2.05, 4.69) is 49.8 Å². The highest BCUT2D eigenvalue weighted by molar-refractivity contribution is 7.12. The van der Waals surface area contributed by atoms with Gasteiger partial charge in [0.25, 0.3) is 5.91 Å². The first-order valence-corrected chi connectivity index (χ1v) is 12.2. The lowest BCUT2D eigenvalue weighted by Gasteiger charge is -2.24. The number of benzene rings is 2. The molecular weight excluding hydrogens is 458 g/mol. The number of aliphatic imine (C=N–C) groups is 1. The Kier molecular flexibility index (Phi) is 7.96. The van der Waals surface area contributed by atoms with Gasteiger partial charge in [-0.15, -0.1) is 11.3 Å². The molecule has 3 rings (SSSR count). The second-order valence-corrected chi connectivity index (χ2v) is 10.9. The number of amides is 1. The number of para-hydroxylation sites is 1. The second kappa shape index (κ2) is 10.7. The van der Waals surface area contributed by atoms with Crippen LogP contribution in [-0.2, 0) is 6.54 Å². The van der Waals surface area contributed by atoms with Crippen LogP contribution in [0.15, 0.2) is 65.7 Å². The van der Waals surface area contributed by atoms with E-state index in [9.17, 15) is 9.90 Å². The summed E-state index contributed by atoms with van der Waals surface area (Å²) in [6.45, 7) is 8.83. The summed E-state index contributed by atoms with van der Waals surface area (Å²) >= 11 is 1.70. The molecule has 35 heavy (non-hydrogen) atoms. The molecule has 0 saturated carbocycles. The van der Waals surface area contributed by atoms with Crippen LogP contribution in [0.2, 0.25) is 0 Å². The van der Waals surface area contributed by atoms with Crippen LogP contribution in [0.25, 0.3) is 0 Å². The molecule has 1 aromatic heterocycles. The van der Waals surface area contributed by atoms with Crippen LogP contribution < -0.4 is 16.5 Å². The topological polar surface area (TPSA) is 119 Å². The number of aryl methyl sites for hydroxylation is 1. The number of aromatic hydroxyl groups is 1. The number of nitrogens with zero attached hydrogens (tertiary/aromatic N) is 2. The summed E-state index contributed by atoms with van der Waals surface area (Å²) < 4.78 is 0. The molecule has 0 aliphatic rings. The normalized spacial score (nSPS) is 13.5. The van der Waals surface area contributed by atoms with Gasteiger partial charge in [-0.3, -0.25) is 15.5 Å². The van der Waals surface area contributed by atoms with E-state index in [0.29, 0.717) is 6.54 Å². The molecule has 0 bridgehead atoms. The average molecular weight is 493 g/mol. The van der Waals surface area contributed by atoms with Gasteiger partial charge < -0.3 is 15.7 Å². The molecule has 3 aromatic rings. The predicted octanol–water partition coefficient (Wildman–Crippen LogP) is 3.25. The molecule has 8 heteroatoms. The first-order chi connectivity index (χ1) is 16.5. The first kappa shape index (κ1) is 26.0. The van der Waals surface area contributed by atoms with Crippen LogP contribution in [0.1, 0.15) is 52.5 Å². The fourth-order valence-electron chi connectivity index (χ4n) is 3.67. The lowest BCUT2D eigenvalue weighted by Crippen LogP contribution is -2.81. The largest absolute Gasteiger partial charge is 0.505 e. The van der Waals surface area contributed by atoms with Gasteiger partial charge in [-0.2, -0.15) is 0 Å². The van der Waals surface area contributed by atoms with Gasteiger partial charge in [0, 0.05) is 28.8 Å². The summed E-state index contributed by atoms with van der Waals surface area (Å²) in [5.74, 6) is -0.328. The molecule has 184 valence electrons. The number of phenolic OH excluding ortho intramolecular Hbond substituents is 1. The molecule has 6 N–H and O–H groups in total. The van der Waals surface area contributed by atoms with Crippen LogP contribution >= 0.6 is 11.3 Å². The minimum atomic E-state index is -0.321. The molecule has 1 amide bonds. The Labute approximate surface area is 210 Å². The Hall–Kier alpha value is -3.65. The Balaban J connectivity index is 1.87. The lowest BCUT2D eigenvalue weighted by atomic mass is 9.86. The summed E-state index contributed by atoms with van der Waals surface area (Å²) in [7, 11) is 1.69. The zero-order valence-electron chi connectivity index (χ0n) is 20.9. The summed E-state index contributed by atoms with van der Waals surface area (Å²) in [5, 5.41) is 10.8. The molecule has 1 heterocycles. The maximum Gasteiger partial charge on any atom is 0.309 e. The number of hydrogen-bond acceptors (Lipinski definition) is 4. The highest BCUT2D eigenvalue weighted by Gasteiger charge is 2.30. The molecule has 0 saturated heterocycles. The summed E-state index contributed by atoms with van der Waals surface area (Å²) in [4.78, 5) is 24.5. The van der Waals surface area contributed by atoms with E-state index in [1.54, 1.807) is 41.5 Å². The smallest absolute Gasteiger partial charge is 0.309 e. The predicted molar refractivity (Wildman–Crippen MR) is 143 cm³/mol. The van der Waals surface area contributed by atoms with Gasteiger partial charge in [0.05, 0.1) is 5.56 Å². The van der Waals surface area contributed by atoms with Crippen LogP contribution in [-0.4, -0.2) is 34.6 Å². The third kappa shape index (κ3) is 6.48. The Bertz CT molecular complexity index is 1240. The van der Waals surface area contributed by atoms with Crippen LogP contribution in [0.4, 0.5) is 5.69 Å². The summed E-state index contributed by atoms with van der Waals surface area (Å²) in [5.41, 5.74) is 13.7. The molecule has 0 spiro atoms. The molecular formula is C27H34N5O2S+. The van der Waals surface area contributed by atoms with Crippen molar-refractivity contribution in [2.45, 2.75) is 40.3 Å². The number of hydrogen-bond donors (Lipinski definition) is 4. The van der Waals surface area contributed by atoms with Gasteiger partial charge in [-0.05, 0) is 36.8 Å². The van der Waals surface area contributed by atoms with E-state index in [1.165, 1.54) is 4.88 Å². The van der Waals surface area contributed by atoms with Gasteiger partial charge in [0.1, 0.15) is 11.7 Å². The summed E-state index contributed by atoms with van der Waals surface area (Å²) in [6.07, 6.45) is 0. The van der Waals surface area contributed by atoms with Crippen molar-refractivity contribution in [3.05, 3.63) is 81.5 Å². The highest BCUT2D eigenvalue weighted by Crippen LogP contribution is 2.33. The number of carbonyl (C=O) groups is 1. The van der Waals surface area contributed by atoms with Crippen molar-refractivity contribution < 1.29 is 14.9 Å². The van der Waals surface area contributed by atoms with Crippen molar-refractivity contribution in [2.75, 3.05) is 7.05 Å². The molecule has 0 aliphatic heterocycles. The number of thiophene rings is 1. The zero-order valence-corrected chi connectivity index (χ0v) is 21.7. The number of amidine groups is 2. The van der Waals surface area contributed by atoms with E-state index in [1.807, 2.05) is 30.3 Å². The molecule has 7 nitrogen and oxygen atoms in total. The summed E-state index contributed by atoms with van der Waals surface area (Å²) in [6, 6.07) is 18.5. The van der Waals surface area contributed by atoms with Crippen molar-refractivity contribution in [2.24, 2.45) is 21.9 Å². The van der Waals surface area contributed by atoms with Gasteiger partial charge in [0.2, 0.25) is 5.84 Å². The van der Waals surface area contributed by atoms with Gasteiger partial charge in [0.15, 0.2) is 5.75 Å². The van der Waals surface area contributed by atoms with Gasteiger partial charge in [-0.25, -0.2) is 4.99 Å². The fourth-order valence-corrected chi connectivity index (χ4v) is 4.85. The minimum Gasteiger partial charge on any atom is -0.505 e. The van der Waals surface area contributed by atoms with Crippen molar-refractivity contribution in [1.29, 1.82) is 0 Å². The third-order valence-electron chi connectivity index (χ3n) is 5.58. The second-order valence-electron chi connectivity index (χ2n) is 9.62. The van der Waals surface area contributed by atoms with E-state index in [0.717, 1.165) is 10.4 Å². The Morgan fingerprint density at radius 3 is 2.37 bits per heavy atom. The van der Waals surface area contributed by atoms with E-state index in [-0.39, 0.29) is 46.0 Å². The number of carbonyl (C=O) groups excluding carboxylic acids is 1. The van der Waals surface area contributed by atoms with E-state index in [4.69, 9.17) is 11.5 Å². The number of rotatable bonds is 6. The fraction of sp³-hybridized carbons (Fsp3) is 0.296. The highest BCUT2D eigenvalue weighted by atomic mass is 32.1. The molecule has 0 unspecified atom stereocenters. The molecule has 2 aromatic carbocycles. The SMILES string of the molecule is Cc1ccc([C@H]([NH+]=C(N)C(N)=Nc2cccc(C(=O)N(C)Cc3ccccc3)c2O)C(C)(C)C)s1. The van der Waals surface area contributed by atoms with Crippen LogP contribution in [0, 0.1) is 12.3 Å². The standard InChI is InChI=1S/C27H33N5O2S/c1-17-14-15-21(35-17)23(27(2,3)4)31-25(29)24(28)30-20-13-9-12-19(22(20)33)26(34)32(5)16-18-10-7-6-8-11-18/h6-15,23,33H,16H2,1-5H3,(H2,28,30)(H2,29,31)/p+1/t23-/m0/s1. The van der Waals surface area contributed by atoms with Crippen molar-refractivity contribution in [3.63, 3.8) is 0 Å². The molecule has 0 radical (unpaired) electrons. The minimum absolute atomic E-state index is 0.0325. The van der Waals surface area contributed by atoms with Gasteiger partial charge >= 0.3 is 5.84 Å². The zero-order chi connectivity index (χ0) is 25.8. The number of nitrogens with one attached hydrogen (secondary N) is 1. The Morgan fingerprint density at radius 1 is 1.09 bits per heavy atom. The monoisotopic (exact) mass is 492 g/mol.